The average molecular weight is 319 g/mol. The lowest BCUT2D eigenvalue weighted by molar-refractivity contribution is 1.02. The molecule has 0 fully saturated rings. The summed E-state index contributed by atoms with van der Waals surface area (Å²) in [6.07, 6.45) is 2.04. The van der Waals surface area contributed by atoms with Gasteiger partial charge < -0.3 is 4.98 Å². The van der Waals surface area contributed by atoms with Gasteiger partial charge in [0.05, 0.1) is 5.52 Å². The van der Waals surface area contributed by atoms with E-state index < -0.39 is 0 Å². The zero-order valence-electron chi connectivity index (χ0n) is 13.8. The summed E-state index contributed by atoms with van der Waals surface area (Å²) in [7, 11) is 0. The van der Waals surface area contributed by atoms with Crippen LogP contribution >= 0.6 is 0 Å². The highest BCUT2D eigenvalue weighted by molar-refractivity contribution is 6.22. The van der Waals surface area contributed by atoms with Gasteiger partial charge in [0.25, 0.3) is 0 Å². The molecule has 1 aromatic heterocycles. The highest BCUT2D eigenvalue weighted by atomic mass is 14.7. The van der Waals surface area contributed by atoms with Crippen molar-refractivity contribution in [3.05, 3.63) is 95.1 Å². The summed E-state index contributed by atoms with van der Waals surface area (Å²) in [4.78, 5) is 3.73. The summed E-state index contributed by atoms with van der Waals surface area (Å²) in [6, 6.07) is 26.5. The van der Waals surface area contributed by atoms with Crippen LogP contribution in [0.25, 0.3) is 32.6 Å². The van der Waals surface area contributed by atoms with Crippen molar-refractivity contribution in [2.45, 2.75) is 12.8 Å². The van der Waals surface area contributed by atoms with Crippen molar-refractivity contribution in [2.75, 3.05) is 0 Å². The van der Waals surface area contributed by atoms with Crippen molar-refractivity contribution in [3.8, 4) is 0 Å². The Bertz CT molecular complexity index is 1290. The molecule has 0 aliphatic heterocycles. The van der Waals surface area contributed by atoms with Gasteiger partial charge in [0.1, 0.15) is 0 Å². The summed E-state index contributed by atoms with van der Waals surface area (Å²) in [5.41, 5.74) is 8.46. The number of benzene rings is 4. The van der Waals surface area contributed by atoms with Crippen LogP contribution in [0.5, 0.6) is 0 Å². The van der Waals surface area contributed by atoms with Crippen LogP contribution in [0.1, 0.15) is 22.3 Å². The van der Waals surface area contributed by atoms with Crippen LogP contribution in [0.3, 0.4) is 0 Å². The normalized spacial score (nSPS) is 13.3. The molecule has 118 valence electrons. The summed E-state index contributed by atoms with van der Waals surface area (Å²) in [5.74, 6) is 0. The summed E-state index contributed by atoms with van der Waals surface area (Å²) in [5, 5.41) is 5.48. The molecule has 0 unspecified atom stereocenters. The van der Waals surface area contributed by atoms with E-state index in [0.717, 1.165) is 12.8 Å². The standard InChI is InChI=1S/C24H17N/c1-2-8-16-14-21-20(13-15(16)7-1)17-9-3-4-10-18(17)23-19-11-5-6-12-22(19)25-24(21)23/h1-12,25H,13-14H2. The van der Waals surface area contributed by atoms with Gasteiger partial charge in [-0.3, -0.25) is 0 Å². The van der Waals surface area contributed by atoms with E-state index in [1.807, 2.05) is 0 Å². The Labute approximate surface area is 145 Å². The number of fused-ring (bicyclic) bond motifs is 9. The number of para-hydroxylation sites is 1. The Hall–Kier alpha value is -3.06. The van der Waals surface area contributed by atoms with E-state index in [1.165, 1.54) is 54.8 Å². The molecule has 1 heterocycles. The Morgan fingerprint density at radius 2 is 1.16 bits per heavy atom. The molecule has 1 aliphatic carbocycles. The second kappa shape index (κ2) is 4.73. The van der Waals surface area contributed by atoms with Gasteiger partial charge in [-0.25, -0.2) is 0 Å². The largest absolute Gasteiger partial charge is 0.354 e. The van der Waals surface area contributed by atoms with Crippen LogP contribution < -0.4 is 0 Å². The highest BCUT2D eigenvalue weighted by Crippen LogP contribution is 2.41. The van der Waals surface area contributed by atoms with Gasteiger partial charge in [0.15, 0.2) is 0 Å². The van der Waals surface area contributed by atoms with E-state index in [2.05, 4.69) is 77.8 Å². The van der Waals surface area contributed by atoms with Crippen molar-refractivity contribution in [1.82, 2.24) is 4.98 Å². The Kier molecular flexibility index (Phi) is 2.51. The quantitative estimate of drug-likeness (QED) is 0.355. The second-order valence-corrected chi connectivity index (χ2v) is 7.05. The third-order valence-corrected chi connectivity index (χ3v) is 5.75. The van der Waals surface area contributed by atoms with Crippen molar-refractivity contribution in [2.24, 2.45) is 0 Å². The molecule has 0 bridgehead atoms. The molecular formula is C24H17N. The van der Waals surface area contributed by atoms with E-state index in [9.17, 15) is 0 Å². The zero-order chi connectivity index (χ0) is 16.4. The molecule has 0 saturated carbocycles. The summed E-state index contributed by atoms with van der Waals surface area (Å²) < 4.78 is 0. The van der Waals surface area contributed by atoms with E-state index >= 15 is 0 Å². The van der Waals surface area contributed by atoms with Crippen molar-refractivity contribution in [3.63, 3.8) is 0 Å². The summed E-state index contributed by atoms with van der Waals surface area (Å²) in [6.45, 7) is 0. The van der Waals surface area contributed by atoms with Crippen LogP contribution in [-0.4, -0.2) is 4.98 Å². The highest BCUT2D eigenvalue weighted by Gasteiger charge is 2.22. The van der Waals surface area contributed by atoms with E-state index in [0.29, 0.717) is 0 Å². The van der Waals surface area contributed by atoms with Crippen LogP contribution in [0.2, 0.25) is 0 Å². The molecule has 1 nitrogen and oxygen atoms in total. The second-order valence-electron chi connectivity index (χ2n) is 7.05. The first-order valence-electron chi connectivity index (χ1n) is 8.90. The maximum atomic E-state index is 3.73. The molecule has 0 spiro atoms. The molecule has 1 N–H and O–H groups in total. The predicted molar refractivity (Wildman–Crippen MR) is 105 cm³/mol. The van der Waals surface area contributed by atoms with Crippen LogP contribution in [-0.2, 0) is 12.8 Å². The maximum Gasteiger partial charge on any atom is 0.0510 e. The minimum Gasteiger partial charge on any atom is -0.354 e. The lowest BCUT2D eigenvalue weighted by atomic mass is 9.82. The molecule has 0 saturated heterocycles. The van der Waals surface area contributed by atoms with Gasteiger partial charge >= 0.3 is 0 Å². The number of H-pyrrole nitrogens is 1. The van der Waals surface area contributed by atoms with Crippen LogP contribution in [0.15, 0.2) is 72.8 Å². The number of aromatic amines is 1. The maximum absolute atomic E-state index is 3.73. The van der Waals surface area contributed by atoms with E-state index in [-0.39, 0.29) is 0 Å². The third-order valence-electron chi connectivity index (χ3n) is 5.75. The fourth-order valence-electron chi connectivity index (χ4n) is 4.61. The number of hydrogen-bond donors (Lipinski definition) is 1. The average Bonchev–Trinajstić information content (AvgIpc) is 3.07. The molecule has 0 amide bonds. The topological polar surface area (TPSA) is 15.8 Å². The molecule has 5 aromatic rings. The van der Waals surface area contributed by atoms with E-state index in [1.54, 1.807) is 0 Å². The van der Waals surface area contributed by atoms with Gasteiger partial charge in [-0.15, -0.1) is 0 Å². The van der Waals surface area contributed by atoms with E-state index in [4.69, 9.17) is 0 Å². The predicted octanol–water partition coefficient (Wildman–Crippen LogP) is 5.97. The lowest BCUT2D eigenvalue weighted by Crippen LogP contribution is -2.08. The Morgan fingerprint density at radius 3 is 1.96 bits per heavy atom. The van der Waals surface area contributed by atoms with Gasteiger partial charge in [-0.2, -0.15) is 0 Å². The minimum atomic E-state index is 1.01. The number of nitrogens with one attached hydrogen (secondary N) is 1. The minimum absolute atomic E-state index is 1.01. The fourth-order valence-corrected chi connectivity index (χ4v) is 4.61. The number of aromatic nitrogens is 1. The van der Waals surface area contributed by atoms with Crippen molar-refractivity contribution >= 4 is 32.6 Å². The van der Waals surface area contributed by atoms with Crippen LogP contribution in [0, 0.1) is 0 Å². The fraction of sp³-hybridized carbons (Fsp3) is 0.0833. The van der Waals surface area contributed by atoms with Gasteiger partial charge in [-0.05, 0) is 45.5 Å². The molecule has 1 aliphatic rings. The molecule has 0 atom stereocenters. The lowest BCUT2D eigenvalue weighted by Gasteiger charge is -2.22. The first kappa shape index (κ1) is 13.3. The Morgan fingerprint density at radius 1 is 0.560 bits per heavy atom. The first-order chi connectivity index (χ1) is 12.4. The van der Waals surface area contributed by atoms with Gasteiger partial charge in [-0.1, -0.05) is 66.7 Å². The Balaban J connectivity index is 1.83. The third kappa shape index (κ3) is 1.73. The molecule has 1 heteroatoms. The molecule has 25 heavy (non-hydrogen) atoms. The SMILES string of the molecule is c1ccc2c(c1)Cc1c(c3[nH]c4ccccc4c3c3ccccc13)C2. The number of rotatable bonds is 0. The smallest absolute Gasteiger partial charge is 0.0510 e. The first-order valence-corrected chi connectivity index (χ1v) is 8.90. The molecular weight excluding hydrogens is 302 g/mol. The molecule has 4 aromatic carbocycles. The summed E-state index contributed by atoms with van der Waals surface area (Å²) >= 11 is 0. The van der Waals surface area contributed by atoms with Crippen molar-refractivity contribution < 1.29 is 0 Å². The monoisotopic (exact) mass is 319 g/mol. The van der Waals surface area contributed by atoms with Gasteiger partial charge in [0, 0.05) is 22.7 Å². The zero-order valence-corrected chi connectivity index (χ0v) is 13.8. The molecule has 6 rings (SSSR count). The molecule has 0 radical (unpaired) electrons. The van der Waals surface area contributed by atoms with Crippen LogP contribution in [0.4, 0.5) is 0 Å². The van der Waals surface area contributed by atoms with Gasteiger partial charge in [0.2, 0.25) is 0 Å². The number of hydrogen-bond acceptors (Lipinski definition) is 0. The van der Waals surface area contributed by atoms with Crippen molar-refractivity contribution in [1.29, 1.82) is 0 Å².